The maximum Gasteiger partial charge on any atom is 0.410 e. The maximum absolute atomic E-state index is 12.1. The first-order valence-electron chi connectivity index (χ1n) is 7.57. The number of nitrogens with one attached hydrogen (secondary N) is 2. The summed E-state index contributed by atoms with van der Waals surface area (Å²) >= 11 is 0. The average Bonchev–Trinajstić information content (AvgIpc) is 3.17. The van der Waals surface area contributed by atoms with Crippen LogP contribution >= 0.6 is 0 Å². The van der Waals surface area contributed by atoms with E-state index in [0.717, 1.165) is 5.69 Å². The van der Waals surface area contributed by atoms with Crippen LogP contribution in [0.3, 0.4) is 0 Å². The van der Waals surface area contributed by atoms with Crippen LogP contribution in [0, 0.1) is 0 Å². The topological polar surface area (TPSA) is 103 Å². The van der Waals surface area contributed by atoms with Crippen LogP contribution < -0.4 is 4.90 Å². The van der Waals surface area contributed by atoms with Crippen LogP contribution in [0.25, 0.3) is 11.5 Å². The molecule has 1 aliphatic heterocycles. The van der Waals surface area contributed by atoms with Gasteiger partial charge in [0.15, 0.2) is 5.82 Å². The van der Waals surface area contributed by atoms with E-state index < -0.39 is 5.60 Å². The molecule has 1 aliphatic rings. The van der Waals surface area contributed by atoms with Gasteiger partial charge in [0.05, 0.1) is 0 Å². The van der Waals surface area contributed by atoms with Gasteiger partial charge in [0, 0.05) is 32.4 Å². The summed E-state index contributed by atoms with van der Waals surface area (Å²) in [6.45, 7) is 8.11. The van der Waals surface area contributed by atoms with Crippen molar-refractivity contribution in [3.8, 4) is 11.5 Å². The summed E-state index contributed by atoms with van der Waals surface area (Å²) in [5.74, 6) is 1.27. The number of aromatic amines is 2. The molecule has 2 aromatic rings. The summed E-state index contributed by atoms with van der Waals surface area (Å²) in [6, 6.07) is 1.82. The van der Waals surface area contributed by atoms with Crippen molar-refractivity contribution >= 4 is 12.0 Å². The molecular weight excluding hydrogens is 298 g/mol. The second kappa shape index (κ2) is 5.90. The molecule has 0 spiro atoms. The SMILES string of the molecule is CC(C)(C)OC(=O)N1CCN(c2n[nH]c(-c3ccn[nH]3)n2)CC1. The lowest BCUT2D eigenvalue weighted by Gasteiger charge is -2.35. The number of rotatable bonds is 2. The minimum atomic E-state index is -0.475. The lowest BCUT2D eigenvalue weighted by atomic mass is 10.2. The summed E-state index contributed by atoms with van der Waals surface area (Å²) in [6.07, 6.45) is 1.39. The van der Waals surface area contributed by atoms with Gasteiger partial charge in [-0.25, -0.2) is 4.79 Å². The number of carbonyl (C=O) groups excluding carboxylic acids is 1. The molecule has 0 saturated carbocycles. The number of amides is 1. The van der Waals surface area contributed by atoms with Gasteiger partial charge in [-0.2, -0.15) is 10.1 Å². The Kier molecular flexibility index (Phi) is 3.93. The van der Waals surface area contributed by atoms with E-state index in [1.807, 2.05) is 31.7 Å². The molecule has 2 aromatic heterocycles. The number of piperazine rings is 1. The van der Waals surface area contributed by atoms with E-state index in [4.69, 9.17) is 4.74 Å². The number of anilines is 1. The first kappa shape index (κ1) is 15.3. The summed E-state index contributed by atoms with van der Waals surface area (Å²) in [5.41, 5.74) is 0.313. The maximum atomic E-state index is 12.1. The molecule has 0 radical (unpaired) electrons. The van der Waals surface area contributed by atoms with Gasteiger partial charge in [-0.05, 0) is 26.8 Å². The van der Waals surface area contributed by atoms with Gasteiger partial charge in [-0.3, -0.25) is 10.2 Å². The van der Waals surface area contributed by atoms with Crippen molar-refractivity contribution in [2.75, 3.05) is 31.1 Å². The van der Waals surface area contributed by atoms with E-state index in [1.165, 1.54) is 0 Å². The molecule has 1 fully saturated rings. The number of hydrogen-bond acceptors (Lipinski definition) is 6. The highest BCUT2D eigenvalue weighted by Crippen LogP contribution is 2.17. The van der Waals surface area contributed by atoms with Crippen molar-refractivity contribution in [3.63, 3.8) is 0 Å². The van der Waals surface area contributed by atoms with E-state index in [9.17, 15) is 4.79 Å². The third-order valence-corrected chi connectivity index (χ3v) is 3.44. The van der Waals surface area contributed by atoms with Gasteiger partial charge in [0.25, 0.3) is 0 Å². The predicted octanol–water partition coefficient (Wildman–Crippen LogP) is 1.25. The average molecular weight is 319 g/mol. The van der Waals surface area contributed by atoms with Crippen LogP contribution in [0.5, 0.6) is 0 Å². The van der Waals surface area contributed by atoms with Crippen molar-refractivity contribution in [3.05, 3.63) is 12.3 Å². The molecule has 2 N–H and O–H groups in total. The minimum Gasteiger partial charge on any atom is -0.444 e. The Morgan fingerprint density at radius 3 is 2.57 bits per heavy atom. The smallest absolute Gasteiger partial charge is 0.410 e. The molecule has 0 aliphatic carbocycles. The number of aromatic nitrogens is 5. The Morgan fingerprint density at radius 2 is 1.96 bits per heavy atom. The lowest BCUT2D eigenvalue weighted by molar-refractivity contribution is 0.0240. The van der Waals surface area contributed by atoms with Crippen LogP contribution in [0.4, 0.5) is 10.7 Å². The van der Waals surface area contributed by atoms with E-state index >= 15 is 0 Å². The van der Waals surface area contributed by atoms with Crippen molar-refractivity contribution in [2.24, 2.45) is 0 Å². The highest BCUT2D eigenvalue weighted by Gasteiger charge is 2.27. The summed E-state index contributed by atoms with van der Waals surface area (Å²) in [4.78, 5) is 20.3. The summed E-state index contributed by atoms with van der Waals surface area (Å²) in [7, 11) is 0. The predicted molar refractivity (Wildman–Crippen MR) is 84.0 cm³/mol. The van der Waals surface area contributed by atoms with Gasteiger partial charge in [0.1, 0.15) is 11.3 Å². The van der Waals surface area contributed by atoms with E-state index in [-0.39, 0.29) is 6.09 Å². The fraction of sp³-hybridized carbons (Fsp3) is 0.571. The molecule has 23 heavy (non-hydrogen) atoms. The molecule has 124 valence electrons. The monoisotopic (exact) mass is 319 g/mol. The zero-order chi connectivity index (χ0) is 16.4. The van der Waals surface area contributed by atoms with Crippen molar-refractivity contribution in [1.82, 2.24) is 30.3 Å². The van der Waals surface area contributed by atoms with Gasteiger partial charge < -0.3 is 14.5 Å². The van der Waals surface area contributed by atoms with Gasteiger partial charge >= 0.3 is 6.09 Å². The zero-order valence-corrected chi connectivity index (χ0v) is 13.5. The molecule has 9 nitrogen and oxygen atoms in total. The number of hydrogen-bond donors (Lipinski definition) is 2. The Labute approximate surface area is 134 Å². The summed E-state index contributed by atoms with van der Waals surface area (Å²) in [5, 5.41) is 13.9. The van der Waals surface area contributed by atoms with Crippen LogP contribution in [-0.2, 0) is 4.74 Å². The molecule has 0 atom stereocenters. The Balaban J connectivity index is 1.58. The van der Waals surface area contributed by atoms with E-state index in [0.29, 0.717) is 38.0 Å². The summed E-state index contributed by atoms with van der Waals surface area (Å²) < 4.78 is 5.39. The molecule has 0 bridgehead atoms. The van der Waals surface area contributed by atoms with Crippen molar-refractivity contribution in [1.29, 1.82) is 0 Å². The Bertz CT molecular complexity index is 651. The zero-order valence-electron chi connectivity index (χ0n) is 13.5. The molecule has 0 unspecified atom stereocenters. The number of nitrogens with zero attached hydrogens (tertiary/aromatic N) is 5. The minimum absolute atomic E-state index is 0.273. The van der Waals surface area contributed by atoms with E-state index in [1.54, 1.807) is 11.1 Å². The molecule has 3 heterocycles. The number of H-pyrrole nitrogens is 2. The van der Waals surface area contributed by atoms with Crippen LogP contribution in [0.15, 0.2) is 12.3 Å². The standard InChI is InChI=1S/C14H21N7O2/c1-14(2,3)23-13(22)21-8-6-20(7-9-21)12-16-11(18-19-12)10-4-5-15-17-10/h4-5H,6-9H2,1-3H3,(H,15,17)(H,16,18,19). The Hall–Kier alpha value is -2.58. The highest BCUT2D eigenvalue weighted by atomic mass is 16.6. The third kappa shape index (κ3) is 3.61. The fourth-order valence-corrected chi connectivity index (χ4v) is 2.32. The third-order valence-electron chi connectivity index (χ3n) is 3.44. The largest absolute Gasteiger partial charge is 0.444 e. The van der Waals surface area contributed by atoms with Crippen molar-refractivity contribution in [2.45, 2.75) is 26.4 Å². The molecule has 3 rings (SSSR count). The van der Waals surface area contributed by atoms with Crippen LogP contribution in [-0.4, -0.2) is 68.2 Å². The fourth-order valence-electron chi connectivity index (χ4n) is 2.32. The molecule has 9 heteroatoms. The Morgan fingerprint density at radius 1 is 1.22 bits per heavy atom. The number of ether oxygens (including phenoxy) is 1. The van der Waals surface area contributed by atoms with Crippen LogP contribution in [0.2, 0.25) is 0 Å². The van der Waals surface area contributed by atoms with Crippen molar-refractivity contribution < 1.29 is 9.53 Å². The molecule has 0 aromatic carbocycles. The van der Waals surface area contributed by atoms with Gasteiger partial charge in [-0.1, -0.05) is 0 Å². The van der Waals surface area contributed by atoms with Crippen LogP contribution in [0.1, 0.15) is 20.8 Å². The molecule has 1 saturated heterocycles. The van der Waals surface area contributed by atoms with Gasteiger partial charge in [-0.15, -0.1) is 5.10 Å². The van der Waals surface area contributed by atoms with Gasteiger partial charge in [0.2, 0.25) is 5.95 Å². The number of carbonyl (C=O) groups is 1. The normalized spacial score (nSPS) is 15.8. The first-order valence-corrected chi connectivity index (χ1v) is 7.57. The lowest BCUT2D eigenvalue weighted by Crippen LogP contribution is -2.50. The highest BCUT2D eigenvalue weighted by molar-refractivity contribution is 5.68. The first-order chi connectivity index (χ1) is 10.9. The van der Waals surface area contributed by atoms with E-state index in [2.05, 4.69) is 25.4 Å². The quantitative estimate of drug-likeness (QED) is 0.863. The second-order valence-electron chi connectivity index (χ2n) is 6.41. The molecular formula is C14H21N7O2. The molecule has 1 amide bonds. The second-order valence-corrected chi connectivity index (χ2v) is 6.41.